The van der Waals surface area contributed by atoms with E-state index >= 15 is 0 Å². The van der Waals surface area contributed by atoms with Gasteiger partial charge < -0.3 is 21.7 Å². The van der Waals surface area contributed by atoms with Crippen molar-refractivity contribution in [2.45, 2.75) is 13.8 Å². The van der Waals surface area contributed by atoms with Crippen molar-refractivity contribution in [2.24, 2.45) is 0 Å². The summed E-state index contributed by atoms with van der Waals surface area (Å²) in [7, 11) is 0. The highest BCUT2D eigenvalue weighted by Crippen LogP contribution is 2.31. The van der Waals surface area contributed by atoms with E-state index in [1.54, 1.807) is 6.92 Å². The molecule has 0 aliphatic heterocycles. The average Bonchev–Trinajstić information content (AvgIpc) is 2.18. The van der Waals surface area contributed by atoms with E-state index in [1.807, 2.05) is 0 Å². The number of nitrogens with two attached hydrogens (primary N) is 2. The first-order valence-electron chi connectivity index (χ1n) is 4.43. The van der Waals surface area contributed by atoms with Gasteiger partial charge in [-0.25, -0.2) is 9.59 Å². The summed E-state index contributed by atoms with van der Waals surface area (Å²) in [6.45, 7) is 3.10. The Balaban J connectivity index is 3.83. The number of hydrogen-bond donors (Lipinski definition) is 4. The molecule has 0 aliphatic carbocycles. The lowest BCUT2D eigenvalue weighted by atomic mass is 9.94. The lowest BCUT2D eigenvalue weighted by Crippen LogP contribution is -2.16. The van der Waals surface area contributed by atoms with Gasteiger partial charge in [-0.15, -0.1) is 0 Å². The molecule has 0 atom stereocenters. The van der Waals surface area contributed by atoms with Gasteiger partial charge in [0.1, 0.15) is 0 Å². The second-order valence-corrected chi connectivity index (χ2v) is 3.44. The number of benzene rings is 1. The molecule has 86 valence electrons. The van der Waals surface area contributed by atoms with Crippen LogP contribution in [0.25, 0.3) is 0 Å². The first-order valence-corrected chi connectivity index (χ1v) is 4.43. The van der Waals surface area contributed by atoms with Crippen LogP contribution in [0.3, 0.4) is 0 Å². The molecular formula is C10H12N2O4. The molecule has 1 aromatic rings. The third-order valence-electron chi connectivity index (χ3n) is 2.58. The monoisotopic (exact) mass is 224 g/mol. The second-order valence-electron chi connectivity index (χ2n) is 3.44. The summed E-state index contributed by atoms with van der Waals surface area (Å²) in [5.74, 6) is -2.73. The van der Waals surface area contributed by atoms with Crippen molar-refractivity contribution in [3.8, 4) is 0 Å². The lowest BCUT2D eigenvalue weighted by molar-refractivity contribution is 0.0651. The Morgan fingerprint density at radius 2 is 1.31 bits per heavy atom. The van der Waals surface area contributed by atoms with Gasteiger partial charge in [0.15, 0.2) is 0 Å². The van der Waals surface area contributed by atoms with Gasteiger partial charge in [-0.05, 0) is 25.0 Å². The van der Waals surface area contributed by atoms with E-state index in [9.17, 15) is 9.59 Å². The van der Waals surface area contributed by atoms with Crippen molar-refractivity contribution in [2.75, 3.05) is 11.5 Å². The average molecular weight is 224 g/mol. The standard InChI is InChI=1S/C10H12N2O4/c1-3-4(2)7(11)8(12)6(10(15)16)5(3)9(13)14/h11-12H2,1-2H3,(H,13,14)(H,15,16). The van der Waals surface area contributed by atoms with Crippen LogP contribution in [-0.2, 0) is 0 Å². The molecule has 6 nitrogen and oxygen atoms in total. The Kier molecular flexibility index (Phi) is 2.76. The van der Waals surface area contributed by atoms with Gasteiger partial charge in [0, 0.05) is 0 Å². The molecule has 0 unspecified atom stereocenters. The lowest BCUT2D eigenvalue weighted by Gasteiger charge is -2.14. The van der Waals surface area contributed by atoms with Crippen LogP contribution in [0.5, 0.6) is 0 Å². The number of anilines is 2. The number of nitrogen functional groups attached to an aromatic ring is 2. The SMILES string of the molecule is Cc1c(C)c(C(=O)O)c(C(=O)O)c(N)c1N. The fourth-order valence-electron chi connectivity index (χ4n) is 1.54. The largest absolute Gasteiger partial charge is 0.478 e. The number of carboxylic acids is 2. The smallest absolute Gasteiger partial charge is 0.338 e. The van der Waals surface area contributed by atoms with E-state index in [2.05, 4.69) is 0 Å². The highest BCUT2D eigenvalue weighted by Gasteiger charge is 2.25. The first kappa shape index (κ1) is 11.8. The molecule has 6 heteroatoms. The molecule has 0 amide bonds. The fraction of sp³-hybridized carbons (Fsp3) is 0.200. The third kappa shape index (κ3) is 1.54. The van der Waals surface area contributed by atoms with Crippen LogP contribution in [0.15, 0.2) is 0 Å². The maximum atomic E-state index is 11.0. The Bertz CT molecular complexity index is 449. The van der Waals surface area contributed by atoms with E-state index in [0.717, 1.165) is 0 Å². The molecule has 16 heavy (non-hydrogen) atoms. The van der Waals surface area contributed by atoms with Gasteiger partial charge in [0.2, 0.25) is 0 Å². The summed E-state index contributed by atoms with van der Waals surface area (Å²) in [6, 6.07) is 0. The first-order chi connectivity index (χ1) is 7.29. The van der Waals surface area contributed by atoms with Crippen LogP contribution < -0.4 is 11.5 Å². The molecule has 0 radical (unpaired) electrons. The molecule has 0 spiro atoms. The fourth-order valence-corrected chi connectivity index (χ4v) is 1.54. The van der Waals surface area contributed by atoms with E-state index < -0.39 is 17.5 Å². The van der Waals surface area contributed by atoms with Crippen molar-refractivity contribution in [1.29, 1.82) is 0 Å². The number of carbonyl (C=O) groups is 2. The molecule has 1 aromatic carbocycles. The molecule has 0 aliphatic rings. The minimum Gasteiger partial charge on any atom is -0.478 e. The quantitative estimate of drug-likeness (QED) is 0.552. The normalized spacial score (nSPS) is 10.1. The molecule has 6 N–H and O–H groups in total. The van der Waals surface area contributed by atoms with Gasteiger partial charge in [0.05, 0.1) is 22.5 Å². The van der Waals surface area contributed by atoms with E-state index in [4.69, 9.17) is 21.7 Å². The summed E-state index contributed by atoms with van der Waals surface area (Å²) in [4.78, 5) is 22.0. The summed E-state index contributed by atoms with van der Waals surface area (Å²) in [5, 5.41) is 17.9. The van der Waals surface area contributed by atoms with E-state index in [-0.39, 0.29) is 16.9 Å². The van der Waals surface area contributed by atoms with Crippen molar-refractivity contribution in [3.05, 3.63) is 22.3 Å². The summed E-state index contributed by atoms with van der Waals surface area (Å²) < 4.78 is 0. The van der Waals surface area contributed by atoms with E-state index in [1.165, 1.54) is 6.92 Å². The molecule has 0 saturated heterocycles. The molecule has 0 fully saturated rings. The predicted octanol–water partition coefficient (Wildman–Crippen LogP) is 0.864. The number of aromatic carboxylic acids is 2. The van der Waals surface area contributed by atoms with Gasteiger partial charge in [-0.3, -0.25) is 0 Å². The van der Waals surface area contributed by atoms with Crippen LogP contribution in [0.1, 0.15) is 31.8 Å². The van der Waals surface area contributed by atoms with E-state index in [0.29, 0.717) is 11.1 Å². The zero-order valence-electron chi connectivity index (χ0n) is 8.87. The maximum Gasteiger partial charge on any atom is 0.338 e. The minimum atomic E-state index is -1.40. The number of hydrogen-bond acceptors (Lipinski definition) is 4. The highest BCUT2D eigenvalue weighted by molar-refractivity contribution is 6.09. The van der Waals surface area contributed by atoms with Crippen LogP contribution in [-0.4, -0.2) is 22.2 Å². The number of carboxylic acid groups (broad SMARTS) is 2. The highest BCUT2D eigenvalue weighted by atomic mass is 16.4. The summed E-state index contributed by atoms with van der Waals surface area (Å²) in [6.07, 6.45) is 0. The Morgan fingerprint density at radius 3 is 1.69 bits per heavy atom. The Labute approximate surface area is 91.5 Å². The Hall–Kier alpha value is -2.24. The van der Waals surface area contributed by atoms with Crippen LogP contribution in [0.2, 0.25) is 0 Å². The van der Waals surface area contributed by atoms with Crippen LogP contribution >= 0.6 is 0 Å². The maximum absolute atomic E-state index is 11.0. The molecule has 0 bridgehead atoms. The molecule has 1 rings (SSSR count). The van der Waals surface area contributed by atoms with Crippen molar-refractivity contribution < 1.29 is 19.8 Å². The molecular weight excluding hydrogens is 212 g/mol. The summed E-state index contributed by atoms with van der Waals surface area (Å²) in [5.41, 5.74) is 11.1. The Morgan fingerprint density at radius 1 is 0.875 bits per heavy atom. The van der Waals surface area contributed by atoms with Crippen molar-refractivity contribution in [1.82, 2.24) is 0 Å². The minimum absolute atomic E-state index is 0.111. The number of rotatable bonds is 2. The molecule has 0 heterocycles. The molecule has 0 aromatic heterocycles. The van der Waals surface area contributed by atoms with Crippen molar-refractivity contribution in [3.63, 3.8) is 0 Å². The van der Waals surface area contributed by atoms with Crippen LogP contribution in [0, 0.1) is 13.8 Å². The third-order valence-corrected chi connectivity index (χ3v) is 2.58. The molecule has 0 saturated carbocycles. The van der Waals surface area contributed by atoms with Crippen molar-refractivity contribution >= 4 is 23.3 Å². The van der Waals surface area contributed by atoms with Crippen LogP contribution in [0.4, 0.5) is 11.4 Å². The summed E-state index contributed by atoms with van der Waals surface area (Å²) >= 11 is 0. The zero-order chi connectivity index (χ0) is 12.6. The van der Waals surface area contributed by atoms with Gasteiger partial charge in [0.25, 0.3) is 0 Å². The second kappa shape index (κ2) is 3.73. The zero-order valence-corrected chi connectivity index (χ0v) is 8.87. The predicted molar refractivity (Wildman–Crippen MR) is 58.7 cm³/mol. The van der Waals surface area contributed by atoms with Gasteiger partial charge in [-0.2, -0.15) is 0 Å². The van der Waals surface area contributed by atoms with Gasteiger partial charge in [-0.1, -0.05) is 0 Å². The van der Waals surface area contributed by atoms with Gasteiger partial charge >= 0.3 is 11.9 Å². The topological polar surface area (TPSA) is 127 Å².